The third kappa shape index (κ3) is 6.87. The first-order valence-electron chi connectivity index (χ1n) is 14.1. The smallest absolute Gasteiger partial charge is 0.336 e. The molecule has 0 radical (unpaired) electrons. The number of para-hydroxylation sites is 1. The molecule has 0 aromatic heterocycles. The third-order valence-corrected chi connectivity index (χ3v) is 9.60. The monoisotopic (exact) mass is 578 g/mol. The fourth-order valence-corrected chi connectivity index (χ4v) is 6.96. The van der Waals surface area contributed by atoms with Crippen molar-refractivity contribution in [3.8, 4) is 0 Å². The van der Waals surface area contributed by atoms with Crippen molar-refractivity contribution in [2.24, 2.45) is 17.6 Å². The molecule has 1 saturated carbocycles. The van der Waals surface area contributed by atoms with Gasteiger partial charge in [-0.25, -0.2) is 13.2 Å². The van der Waals surface area contributed by atoms with E-state index in [1.54, 1.807) is 47.4 Å². The lowest BCUT2D eigenvalue weighted by atomic mass is 9.80. The predicted molar refractivity (Wildman–Crippen MR) is 160 cm³/mol. The van der Waals surface area contributed by atoms with Gasteiger partial charge < -0.3 is 16.0 Å². The van der Waals surface area contributed by atoms with Gasteiger partial charge in [0.25, 0.3) is 10.0 Å². The van der Waals surface area contributed by atoms with Crippen LogP contribution in [0.4, 0.5) is 10.5 Å². The molecule has 0 heterocycles. The maximum absolute atomic E-state index is 13.9. The number of carbonyl (C=O) groups excluding carboxylic acids is 3. The Bertz CT molecular complexity index is 1480. The van der Waals surface area contributed by atoms with Gasteiger partial charge in [0.15, 0.2) is 0 Å². The fraction of sp³-hybridized carbons (Fsp3) is 0.387. The average molecular weight is 579 g/mol. The largest absolute Gasteiger partial charge is 0.369 e. The Morgan fingerprint density at radius 2 is 1.49 bits per heavy atom. The van der Waals surface area contributed by atoms with Crippen molar-refractivity contribution in [3.63, 3.8) is 0 Å². The van der Waals surface area contributed by atoms with Crippen LogP contribution in [0, 0.1) is 11.8 Å². The number of primary amides is 1. The van der Waals surface area contributed by atoms with E-state index in [1.807, 2.05) is 38.1 Å². The maximum atomic E-state index is 13.9. The Balaban J connectivity index is 1.48. The summed E-state index contributed by atoms with van der Waals surface area (Å²) in [5.74, 6) is -1.62. The molecule has 0 saturated heterocycles. The number of hydrogen-bond acceptors (Lipinski definition) is 5. The van der Waals surface area contributed by atoms with Crippen molar-refractivity contribution < 1.29 is 22.8 Å². The van der Waals surface area contributed by atoms with Crippen LogP contribution in [-0.4, -0.2) is 50.3 Å². The molecule has 3 aromatic carbocycles. The van der Waals surface area contributed by atoms with Gasteiger partial charge in [-0.3, -0.25) is 9.59 Å². The zero-order chi connectivity index (χ0) is 29.6. The highest BCUT2D eigenvalue weighted by atomic mass is 32.2. The molecular weight excluding hydrogens is 540 g/mol. The van der Waals surface area contributed by atoms with E-state index in [4.69, 9.17) is 5.73 Å². The van der Waals surface area contributed by atoms with E-state index in [-0.39, 0.29) is 28.4 Å². The highest BCUT2D eigenvalue weighted by Gasteiger charge is 2.35. The van der Waals surface area contributed by atoms with E-state index in [2.05, 4.69) is 5.32 Å². The molecule has 4 rings (SSSR count). The number of hydrogen-bond donors (Lipinski definition) is 2. The van der Waals surface area contributed by atoms with Crippen molar-refractivity contribution in [1.82, 2.24) is 10.2 Å². The van der Waals surface area contributed by atoms with Crippen LogP contribution in [0.5, 0.6) is 0 Å². The Labute approximate surface area is 241 Å². The number of benzene rings is 3. The molecular formula is C31H38N4O5S. The Morgan fingerprint density at radius 3 is 2.10 bits per heavy atom. The molecule has 1 aliphatic carbocycles. The third-order valence-electron chi connectivity index (χ3n) is 7.89. The topological polar surface area (TPSA) is 130 Å². The molecule has 1 atom stereocenters. The van der Waals surface area contributed by atoms with Gasteiger partial charge in [0.05, 0.1) is 10.6 Å². The van der Waals surface area contributed by atoms with E-state index in [0.29, 0.717) is 45.2 Å². The summed E-state index contributed by atoms with van der Waals surface area (Å²) in [5, 5.41) is 4.59. The van der Waals surface area contributed by atoms with Crippen LogP contribution < -0.4 is 15.4 Å². The van der Waals surface area contributed by atoms with Gasteiger partial charge in [-0.05, 0) is 86.9 Å². The molecule has 10 heteroatoms. The molecule has 1 fully saturated rings. The SMILES string of the molecule is CCN(CC)C(=O)C(CC1CCC(NC(=O)N(c2ccccc2)S(=O)(=O)c2ccc3ccccc3c2)CC1)C(N)=O. The second kappa shape index (κ2) is 13.2. The zero-order valence-corrected chi connectivity index (χ0v) is 24.3. The van der Waals surface area contributed by atoms with Crippen LogP contribution in [0.1, 0.15) is 46.0 Å². The van der Waals surface area contributed by atoms with Gasteiger partial charge in [-0.15, -0.1) is 0 Å². The highest BCUT2D eigenvalue weighted by Crippen LogP contribution is 2.31. The number of sulfonamides is 1. The maximum Gasteiger partial charge on any atom is 0.336 e. The van der Waals surface area contributed by atoms with Gasteiger partial charge >= 0.3 is 6.03 Å². The van der Waals surface area contributed by atoms with E-state index >= 15 is 0 Å². The number of rotatable bonds is 10. The van der Waals surface area contributed by atoms with Crippen molar-refractivity contribution >= 4 is 44.3 Å². The molecule has 0 spiro atoms. The van der Waals surface area contributed by atoms with Gasteiger partial charge in [0.1, 0.15) is 5.92 Å². The first-order valence-corrected chi connectivity index (χ1v) is 15.6. The van der Waals surface area contributed by atoms with Crippen LogP contribution in [0.3, 0.4) is 0 Å². The molecule has 4 amide bonds. The summed E-state index contributed by atoms with van der Waals surface area (Å²) >= 11 is 0. The molecule has 0 aliphatic heterocycles. The molecule has 218 valence electrons. The summed E-state index contributed by atoms with van der Waals surface area (Å²) in [6.07, 6.45) is 2.93. The normalized spacial score (nSPS) is 17.9. The van der Waals surface area contributed by atoms with E-state index in [1.165, 1.54) is 6.07 Å². The minimum absolute atomic E-state index is 0.0225. The molecule has 3 N–H and O–H groups in total. The van der Waals surface area contributed by atoms with E-state index in [9.17, 15) is 22.8 Å². The summed E-state index contributed by atoms with van der Waals surface area (Å²) in [6, 6.07) is 19.6. The number of carbonyl (C=O) groups is 3. The van der Waals surface area contributed by atoms with Crippen LogP contribution >= 0.6 is 0 Å². The number of urea groups is 1. The summed E-state index contributed by atoms with van der Waals surface area (Å²) in [4.78, 5) is 40.2. The Hall–Kier alpha value is -3.92. The average Bonchev–Trinajstić information content (AvgIpc) is 2.97. The highest BCUT2D eigenvalue weighted by molar-refractivity contribution is 7.93. The minimum atomic E-state index is -4.23. The summed E-state index contributed by atoms with van der Waals surface area (Å²) in [7, 11) is -4.23. The van der Waals surface area contributed by atoms with Crippen LogP contribution in [0.2, 0.25) is 0 Å². The van der Waals surface area contributed by atoms with Gasteiger partial charge in [-0.2, -0.15) is 4.31 Å². The second-order valence-corrected chi connectivity index (χ2v) is 12.3. The summed E-state index contributed by atoms with van der Waals surface area (Å²) < 4.78 is 28.5. The molecule has 0 bridgehead atoms. The molecule has 9 nitrogen and oxygen atoms in total. The molecule has 1 unspecified atom stereocenters. The second-order valence-electron chi connectivity index (χ2n) is 10.5. The number of nitrogens with one attached hydrogen (secondary N) is 1. The lowest BCUT2D eigenvalue weighted by Gasteiger charge is -2.33. The van der Waals surface area contributed by atoms with Crippen LogP contribution in [0.15, 0.2) is 77.7 Å². The van der Waals surface area contributed by atoms with Gasteiger partial charge in [-0.1, -0.05) is 48.5 Å². The molecule has 1 aliphatic rings. The van der Waals surface area contributed by atoms with Gasteiger partial charge in [0, 0.05) is 19.1 Å². The van der Waals surface area contributed by atoms with E-state index in [0.717, 1.165) is 15.1 Å². The Kier molecular flexibility index (Phi) is 9.65. The first kappa shape index (κ1) is 30.0. The van der Waals surface area contributed by atoms with Crippen molar-refractivity contribution in [1.29, 1.82) is 0 Å². The minimum Gasteiger partial charge on any atom is -0.369 e. The number of nitrogens with two attached hydrogens (primary N) is 1. The molecule has 3 aromatic rings. The van der Waals surface area contributed by atoms with Crippen LogP contribution in [0.25, 0.3) is 10.8 Å². The van der Waals surface area contributed by atoms with E-state index < -0.39 is 27.9 Å². The van der Waals surface area contributed by atoms with Crippen molar-refractivity contribution in [3.05, 3.63) is 72.8 Å². The standard InChI is InChI=1S/C31H38N4O5S/c1-3-34(4-2)30(37)28(29(32)36)20-22-14-17-25(18-15-22)33-31(38)35(26-12-6-5-7-13-26)41(39,40)27-19-16-23-10-8-9-11-24(23)21-27/h5-13,16,19,21-22,25,28H,3-4,14-15,17-18,20H2,1-2H3,(H2,32,36)(H,33,38). The number of amides is 4. The summed E-state index contributed by atoms with van der Waals surface area (Å²) in [6.45, 7) is 4.76. The van der Waals surface area contributed by atoms with Crippen LogP contribution in [-0.2, 0) is 19.6 Å². The number of anilines is 1. The number of nitrogens with zero attached hydrogens (tertiary/aromatic N) is 2. The van der Waals surface area contributed by atoms with Gasteiger partial charge in [0.2, 0.25) is 11.8 Å². The Morgan fingerprint density at radius 1 is 0.878 bits per heavy atom. The van der Waals surface area contributed by atoms with Crippen molar-refractivity contribution in [2.75, 3.05) is 17.4 Å². The predicted octanol–water partition coefficient (Wildman–Crippen LogP) is 4.66. The quantitative estimate of drug-likeness (QED) is 0.338. The number of fused-ring (bicyclic) bond motifs is 1. The first-order chi connectivity index (χ1) is 19.6. The zero-order valence-electron chi connectivity index (χ0n) is 23.5. The summed E-state index contributed by atoms with van der Waals surface area (Å²) in [5.41, 5.74) is 5.84. The fourth-order valence-electron chi connectivity index (χ4n) is 5.57. The van der Waals surface area contributed by atoms with Crippen molar-refractivity contribution in [2.45, 2.75) is 56.9 Å². The lowest BCUT2D eigenvalue weighted by Crippen LogP contribution is -2.49. The molecule has 41 heavy (non-hydrogen) atoms. The lowest BCUT2D eigenvalue weighted by molar-refractivity contribution is -0.141.